The van der Waals surface area contributed by atoms with Crippen LogP contribution in [0.4, 0.5) is 13.2 Å². The Balaban J connectivity index is 1.53. The molecule has 0 bridgehead atoms. The van der Waals surface area contributed by atoms with E-state index in [1.807, 2.05) is 0 Å². The second-order valence-electron chi connectivity index (χ2n) is 6.62. The first-order valence-corrected chi connectivity index (χ1v) is 8.85. The van der Waals surface area contributed by atoms with Crippen LogP contribution in [0, 0.1) is 0 Å². The van der Waals surface area contributed by atoms with Crippen molar-refractivity contribution in [2.75, 3.05) is 13.1 Å². The normalized spacial score (nSPS) is 17.3. The summed E-state index contributed by atoms with van der Waals surface area (Å²) in [5.41, 5.74) is 1.49. The quantitative estimate of drug-likeness (QED) is 0.662. The summed E-state index contributed by atoms with van der Waals surface area (Å²) in [6.07, 6.45) is 1.29. The molecule has 0 aromatic carbocycles. The number of hydrogen-bond donors (Lipinski definition) is 0. The molecule has 1 fully saturated rings. The monoisotopic (exact) mass is 404 g/mol. The van der Waals surface area contributed by atoms with Gasteiger partial charge in [-0.1, -0.05) is 5.16 Å². The standard InChI is InChI=1S/C18H15F3N6O2/c19-18(20,21)17-25-15(26-29-17)14-8-11(3-5-22-14)13-2-1-7-27(10-13)16(28)12-4-6-23-24-9-12/h3-6,8-9,13H,1-2,7,10H2/t13-/m1/s1. The number of hydrogen-bond acceptors (Lipinski definition) is 7. The molecular weight excluding hydrogens is 389 g/mol. The van der Waals surface area contributed by atoms with Crippen molar-refractivity contribution in [2.24, 2.45) is 0 Å². The third kappa shape index (κ3) is 4.08. The third-order valence-electron chi connectivity index (χ3n) is 4.69. The summed E-state index contributed by atoms with van der Waals surface area (Å²) in [7, 11) is 0. The number of piperidine rings is 1. The van der Waals surface area contributed by atoms with E-state index in [2.05, 4.69) is 29.8 Å². The highest BCUT2D eigenvalue weighted by atomic mass is 19.4. The van der Waals surface area contributed by atoms with Gasteiger partial charge in [-0.15, -0.1) is 0 Å². The van der Waals surface area contributed by atoms with Gasteiger partial charge >= 0.3 is 12.1 Å². The molecule has 0 radical (unpaired) electrons. The number of likely N-dealkylation sites (tertiary alicyclic amines) is 1. The van der Waals surface area contributed by atoms with Gasteiger partial charge in [0.15, 0.2) is 0 Å². The van der Waals surface area contributed by atoms with E-state index < -0.39 is 12.1 Å². The molecule has 0 unspecified atom stereocenters. The lowest BCUT2D eigenvalue weighted by Gasteiger charge is -2.33. The molecule has 0 saturated carbocycles. The van der Waals surface area contributed by atoms with Crippen molar-refractivity contribution in [3.05, 3.63) is 53.8 Å². The van der Waals surface area contributed by atoms with E-state index in [0.717, 1.165) is 18.4 Å². The minimum Gasteiger partial charge on any atom is -0.338 e. The first kappa shape index (κ1) is 19.0. The molecule has 1 saturated heterocycles. The molecule has 0 spiro atoms. The van der Waals surface area contributed by atoms with Crippen molar-refractivity contribution in [1.29, 1.82) is 0 Å². The maximum absolute atomic E-state index is 12.7. The van der Waals surface area contributed by atoms with E-state index in [1.165, 1.54) is 18.6 Å². The summed E-state index contributed by atoms with van der Waals surface area (Å²) in [5.74, 6) is -1.77. The summed E-state index contributed by atoms with van der Waals surface area (Å²) in [4.78, 5) is 21.8. The second kappa shape index (κ2) is 7.57. The van der Waals surface area contributed by atoms with Gasteiger partial charge in [0.25, 0.3) is 5.91 Å². The van der Waals surface area contributed by atoms with Gasteiger partial charge in [-0.3, -0.25) is 9.78 Å². The molecule has 4 heterocycles. The molecule has 1 aliphatic heterocycles. The van der Waals surface area contributed by atoms with Crippen molar-refractivity contribution < 1.29 is 22.5 Å². The van der Waals surface area contributed by atoms with Gasteiger partial charge in [0.2, 0.25) is 5.82 Å². The first-order valence-electron chi connectivity index (χ1n) is 8.85. The number of carbonyl (C=O) groups excluding carboxylic acids is 1. The Labute approximate surface area is 162 Å². The zero-order valence-electron chi connectivity index (χ0n) is 15.0. The Bertz CT molecular complexity index is 1010. The lowest BCUT2D eigenvalue weighted by Crippen LogP contribution is -2.39. The molecule has 1 amide bonds. The second-order valence-corrected chi connectivity index (χ2v) is 6.62. The van der Waals surface area contributed by atoms with Crippen molar-refractivity contribution >= 4 is 5.91 Å². The number of halogens is 3. The van der Waals surface area contributed by atoms with E-state index >= 15 is 0 Å². The molecular formula is C18H15F3N6O2. The summed E-state index contributed by atoms with van der Waals surface area (Å²) in [6, 6.07) is 5.02. The number of rotatable bonds is 3. The predicted octanol–water partition coefficient (Wildman–Crippen LogP) is 2.96. The molecule has 0 N–H and O–H groups in total. The highest BCUT2D eigenvalue weighted by Crippen LogP contribution is 2.31. The van der Waals surface area contributed by atoms with Crippen LogP contribution in [0.15, 0.2) is 41.3 Å². The summed E-state index contributed by atoms with van der Waals surface area (Å²) in [5, 5.41) is 10.8. The zero-order valence-corrected chi connectivity index (χ0v) is 15.0. The Hall–Kier alpha value is -3.37. The van der Waals surface area contributed by atoms with E-state index in [1.54, 1.807) is 23.1 Å². The summed E-state index contributed by atoms with van der Waals surface area (Å²) < 4.78 is 42.3. The molecule has 29 heavy (non-hydrogen) atoms. The number of amides is 1. The SMILES string of the molecule is O=C(c1ccnnc1)N1CCC[C@@H](c2ccnc(-c3noc(C(F)(F)F)n3)c2)C1. The van der Waals surface area contributed by atoms with Gasteiger partial charge in [-0.2, -0.15) is 28.4 Å². The highest BCUT2D eigenvalue weighted by Gasteiger charge is 2.38. The zero-order chi connectivity index (χ0) is 20.4. The lowest BCUT2D eigenvalue weighted by atomic mass is 9.90. The average Bonchev–Trinajstić information content (AvgIpc) is 3.25. The largest absolute Gasteiger partial charge is 0.471 e. The molecule has 4 rings (SSSR count). The highest BCUT2D eigenvalue weighted by molar-refractivity contribution is 5.93. The summed E-state index contributed by atoms with van der Waals surface area (Å²) in [6.45, 7) is 1.10. The minimum absolute atomic E-state index is 0.0123. The first-order chi connectivity index (χ1) is 13.9. The summed E-state index contributed by atoms with van der Waals surface area (Å²) >= 11 is 0. The Kier molecular flexibility index (Phi) is 4.95. The van der Waals surface area contributed by atoms with Crippen LogP contribution in [0.25, 0.3) is 11.5 Å². The van der Waals surface area contributed by atoms with Crippen LogP contribution in [0.3, 0.4) is 0 Å². The fourth-order valence-electron chi connectivity index (χ4n) is 3.30. The maximum Gasteiger partial charge on any atom is 0.471 e. The van der Waals surface area contributed by atoms with Gasteiger partial charge in [0, 0.05) is 25.2 Å². The van der Waals surface area contributed by atoms with Crippen LogP contribution >= 0.6 is 0 Å². The fourth-order valence-corrected chi connectivity index (χ4v) is 3.30. The predicted molar refractivity (Wildman–Crippen MR) is 92.4 cm³/mol. The van der Waals surface area contributed by atoms with Crippen LogP contribution < -0.4 is 0 Å². The van der Waals surface area contributed by atoms with Gasteiger partial charge in [0.05, 0.1) is 18.0 Å². The average molecular weight is 404 g/mol. The molecule has 1 atom stereocenters. The number of carbonyl (C=O) groups is 1. The smallest absolute Gasteiger partial charge is 0.338 e. The Morgan fingerprint density at radius 1 is 1.21 bits per heavy atom. The molecule has 11 heteroatoms. The molecule has 150 valence electrons. The molecule has 1 aliphatic rings. The van der Waals surface area contributed by atoms with Crippen molar-refractivity contribution in [3.63, 3.8) is 0 Å². The van der Waals surface area contributed by atoms with Crippen molar-refractivity contribution in [2.45, 2.75) is 24.9 Å². The molecule has 3 aromatic heterocycles. The third-order valence-corrected chi connectivity index (χ3v) is 4.69. The van der Waals surface area contributed by atoms with Crippen LogP contribution in [-0.2, 0) is 6.18 Å². The van der Waals surface area contributed by atoms with Gasteiger partial charge in [-0.25, -0.2) is 0 Å². The van der Waals surface area contributed by atoms with Crippen LogP contribution in [0.5, 0.6) is 0 Å². The van der Waals surface area contributed by atoms with Crippen molar-refractivity contribution in [1.82, 2.24) is 30.2 Å². The van der Waals surface area contributed by atoms with E-state index in [-0.39, 0.29) is 23.3 Å². The number of aromatic nitrogens is 5. The number of alkyl halides is 3. The van der Waals surface area contributed by atoms with Gasteiger partial charge in [0.1, 0.15) is 5.69 Å². The van der Waals surface area contributed by atoms with Crippen molar-refractivity contribution in [3.8, 4) is 11.5 Å². The Morgan fingerprint density at radius 3 is 2.79 bits per heavy atom. The molecule has 8 nitrogen and oxygen atoms in total. The topological polar surface area (TPSA) is 97.9 Å². The van der Waals surface area contributed by atoms with E-state index in [4.69, 9.17) is 0 Å². The van der Waals surface area contributed by atoms with Gasteiger partial charge < -0.3 is 9.42 Å². The molecule has 3 aromatic rings. The fraction of sp³-hybridized carbons (Fsp3) is 0.333. The Morgan fingerprint density at radius 2 is 2.07 bits per heavy atom. The van der Waals surface area contributed by atoms with Gasteiger partial charge in [-0.05, 0) is 36.6 Å². The van der Waals surface area contributed by atoms with E-state index in [9.17, 15) is 18.0 Å². The lowest BCUT2D eigenvalue weighted by molar-refractivity contribution is -0.159. The van der Waals surface area contributed by atoms with Crippen LogP contribution in [0.2, 0.25) is 0 Å². The minimum atomic E-state index is -4.71. The number of pyridine rings is 1. The number of nitrogens with zero attached hydrogens (tertiary/aromatic N) is 6. The molecule has 0 aliphatic carbocycles. The van der Waals surface area contributed by atoms with E-state index in [0.29, 0.717) is 18.7 Å². The maximum atomic E-state index is 12.7. The van der Waals surface area contributed by atoms with Crippen LogP contribution in [-0.4, -0.2) is 49.2 Å². The van der Waals surface area contributed by atoms with Crippen LogP contribution in [0.1, 0.15) is 40.6 Å².